The molecule has 4 N–H and O–H groups in total. The summed E-state index contributed by atoms with van der Waals surface area (Å²) in [5, 5.41) is 19.3. The molecule has 18 heavy (non-hydrogen) atoms. The third-order valence-corrected chi connectivity index (χ3v) is 2.79. The number of halogens is 3. The maximum atomic E-state index is 12.8. The summed E-state index contributed by atoms with van der Waals surface area (Å²) in [5.41, 5.74) is 3.74. The number of benzene rings is 1. The number of hydrogen-bond acceptors (Lipinski definition) is 4. The molecule has 2 unspecified atom stereocenters. The van der Waals surface area contributed by atoms with Gasteiger partial charge in [0.25, 0.3) is 0 Å². The highest BCUT2D eigenvalue weighted by molar-refractivity contribution is 7.80. The Morgan fingerprint density at radius 3 is 2.39 bits per heavy atom. The lowest BCUT2D eigenvalue weighted by molar-refractivity contribution is -0.139. The first-order chi connectivity index (χ1) is 8.29. The van der Waals surface area contributed by atoms with Gasteiger partial charge in [0.2, 0.25) is 0 Å². The molecule has 0 bridgehead atoms. The Kier molecular flexibility index (Phi) is 4.89. The monoisotopic (exact) mass is 281 g/mol. The second kappa shape index (κ2) is 5.81. The lowest BCUT2D eigenvalue weighted by Crippen LogP contribution is -2.23. The SMILES string of the molecule is Nc1cccc(C(F)(F)F)c1C(O)C(O)CCS. The summed E-state index contributed by atoms with van der Waals surface area (Å²) in [7, 11) is 0. The van der Waals surface area contributed by atoms with Gasteiger partial charge in [-0.3, -0.25) is 0 Å². The van der Waals surface area contributed by atoms with Crippen LogP contribution in [0.4, 0.5) is 18.9 Å². The number of nitrogens with two attached hydrogens (primary N) is 1. The number of nitrogen functional groups attached to an aromatic ring is 1. The van der Waals surface area contributed by atoms with Crippen LogP contribution >= 0.6 is 12.6 Å². The molecule has 2 atom stereocenters. The first-order valence-electron chi connectivity index (χ1n) is 5.21. The van der Waals surface area contributed by atoms with Crippen LogP contribution in [0.25, 0.3) is 0 Å². The summed E-state index contributed by atoms with van der Waals surface area (Å²) in [5.74, 6) is 0.242. The maximum Gasteiger partial charge on any atom is 0.416 e. The summed E-state index contributed by atoms with van der Waals surface area (Å²) >= 11 is 3.85. The van der Waals surface area contributed by atoms with Gasteiger partial charge in [-0.25, -0.2) is 0 Å². The maximum absolute atomic E-state index is 12.8. The number of rotatable bonds is 4. The average molecular weight is 281 g/mol. The molecule has 3 nitrogen and oxygen atoms in total. The van der Waals surface area contributed by atoms with E-state index in [-0.39, 0.29) is 17.9 Å². The van der Waals surface area contributed by atoms with Crippen molar-refractivity contribution < 1.29 is 23.4 Å². The predicted octanol–water partition coefficient (Wildman–Crippen LogP) is 2.00. The standard InChI is InChI=1S/C11H14F3NO2S/c12-11(13,14)6-2-1-3-7(15)9(6)10(17)8(16)4-5-18/h1-3,8,10,16-18H,4-5,15H2. The minimum atomic E-state index is -4.63. The largest absolute Gasteiger partial charge is 0.416 e. The quantitative estimate of drug-likeness (QED) is 0.504. The van der Waals surface area contributed by atoms with Crippen molar-refractivity contribution in [3.05, 3.63) is 29.3 Å². The molecule has 0 saturated carbocycles. The molecule has 102 valence electrons. The molecule has 0 aliphatic heterocycles. The Bertz CT molecular complexity index is 412. The molecule has 0 aliphatic carbocycles. The van der Waals surface area contributed by atoms with Crippen LogP contribution < -0.4 is 5.73 Å². The number of aliphatic hydroxyl groups is 2. The number of hydrogen-bond donors (Lipinski definition) is 4. The molecule has 1 rings (SSSR count). The van der Waals surface area contributed by atoms with Crippen molar-refractivity contribution in [1.29, 1.82) is 0 Å². The molecular formula is C11H14F3NO2S. The highest BCUT2D eigenvalue weighted by Gasteiger charge is 2.37. The van der Waals surface area contributed by atoms with E-state index in [4.69, 9.17) is 5.73 Å². The minimum absolute atomic E-state index is 0.0654. The van der Waals surface area contributed by atoms with Crippen LogP contribution in [0.15, 0.2) is 18.2 Å². The topological polar surface area (TPSA) is 66.5 Å². The molecule has 0 spiro atoms. The van der Waals surface area contributed by atoms with Crippen molar-refractivity contribution in [3.8, 4) is 0 Å². The Balaban J connectivity index is 3.22. The van der Waals surface area contributed by atoms with E-state index < -0.39 is 29.5 Å². The van der Waals surface area contributed by atoms with E-state index in [0.717, 1.165) is 12.1 Å². The zero-order valence-corrected chi connectivity index (χ0v) is 10.2. The number of thiol groups is 1. The second-order valence-electron chi connectivity index (χ2n) is 3.83. The highest BCUT2D eigenvalue weighted by atomic mass is 32.1. The zero-order chi connectivity index (χ0) is 13.9. The van der Waals surface area contributed by atoms with Gasteiger partial charge in [0.15, 0.2) is 0 Å². The second-order valence-corrected chi connectivity index (χ2v) is 4.28. The Morgan fingerprint density at radius 2 is 1.89 bits per heavy atom. The number of aliphatic hydroxyl groups excluding tert-OH is 2. The lowest BCUT2D eigenvalue weighted by atomic mass is 9.95. The van der Waals surface area contributed by atoms with Gasteiger partial charge in [-0.2, -0.15) is 25.8 Å². The van der Waals surface area contributed by atoms with Crippen LogP contribution in [-0.4, -0.2) is 22.1 Å². The molecule has 1 aromatic rings. The normalized spacial score (nSPS) is 15.4. The van der Waals surface area contributed by atoms with E-state index in [1.807, 2.05) is 0 Å². The van der Waals surface area contributed by atoms with Crippen molar-refractivity contribution in [2.45, 2.75) is 24.8 Å². The van der Waals surface area contributed by atoms with E-state index >= 15 is 0 Å². The predicted molar refractivity (Wildman–Crippen MR) is 65.3 cm³/mol. The summed E-state index contributed by atoms with van der Waals surface area (Å²) < 4.78 is 38.3. The average Bonchev–Trinajstić information content (AvgIpc) is 2.27. The van der Waals surface area contributed by atoms with Crippen molar-refractivity contribution in [2.24, 2.45) is 0 Å². The van der Waals surface area contributed by atoms with Crippen molar-refractivity contribution in [3.63, 3.8) is 0 Å². The van der Waals surface area contributed by atoms with E-state index in [1.165, 1.54) is 6.07 Å². The van der Waals surface area contributed by atoms with Gasteiger partial charge in [0, 0.05) is 11.3 Å². The van der Waals surface area contributed by atoms with Crippen LogP contribution in [0.1, 0.15) is 23.7 Å². The zero-order valence-electron chi connectivity index (χ0n) is 9.35. The molecule has 0 radical (unpaired) electrons. The molecule has 0 aliphatic rings. The molecule has 1 aromatic carbocycles. The van der Waals surface area contributed by atoms with Crippen LogP contribution in [0.3, 0.4) is 0 Å². The van der Waals surface area contributed by atoms with Gasteiger partial charge in [-0.15, -0.1) is 0 Å². The first kappa shape index (κ1) is 15.1. The summed E-state index contributed by atoms with van der Waals surface area (Å²) in [4.78, 5) is 0. The highest BCUT2D eigenvalue weighted by Crippen LogP contribution is 2.38. The van der Waals surface area contributed by atoms with E-state index in [0.29, 0.717) is 0 Å². The summed E-state index contributed by atoms with van der Waals surface area (Å²) in [6.07, 6.45) is -7.59. The van der Waals surface area contributed by atoms with Gasteiger partial charge in [0.05, 0.1) is 11.7 Å². The third kappa shape index (κ3) is 3.30. The fourth-order valence-corrected chi connectivity index (χ4v) is 1.91. The smallest absolute Gasteiger partial charge is 0.398 e. The molecule has 7 heteroatoms. The van der Waals surface area contributed by atoms with Crippen LogP contribution in [0.5, 0.6) is 0 Å². The molecule has 0 saturated heterocycles. The number of alkyl halides is 3. The van der Waals surface area contributed by atoms with Crippen molar-refractivity contribution in [1.82, 2.24) is 0 Å². The van der Waals surface area contributed by atoms with Gasteiger partial charge >= 0.3 is 6.18 Å². The number of anilines is 1. The molecule has 0 aromatic heterocycles. The van der Waals surface area contributed by atoms with Crippen molar-refractivity contribution in [2.75, 3.05) is 11.5 Å². The summed E-state index contributed by atoms with van der Waals surface area (Å²) in [6, 6.07) is 3.23. The van der Waals surface area contributed by atoms with E-state index in [9.17, 15) is 23.4 Å². The molecular weight excluding hydrogens is 267 g/mol. The van der Waals surface area contributed by atoms with Crippen LogP contribution in [-0.2, 0) is 6.18 Å². The van der Waals surface area contributed by atoms with Crippen molar-refractivity contribution >= 4 is 18.3 Å². The van der Waals surface area contributed by atoms with Crippen LogP contribution in [0, 0.1) is 0 Å². The van der Waals surface area contributed by atoms with Gasteiger partial charge in [-0.1, -0.05) is 6.07 Å². The van der Waals surface area contributed by atoms with E-state index in [1.54, 1.807) is 0 Å². The fraction of sp³-hybridized carbons (Fsp3) is 0.455. The Hall–Kier alpha value is -0.920. The lowest BCUT2D eigenvalue weighted by Gasteiger charge is -2.23. The minimum Gasteiger partial charge on any atom is -0.398 e. The molecule has 0 fully saturated rings. The van der Waals surface area contributed by atoms with E-state index in [2.05, 4.69) is 12.6 Å². The first-order valence-corrected chi connectivity index (χ1v) is 5.84. The molecule has 0 heterocycles. The Labute approximate surface area is 108 Å². The van der Waals surface area contributed by atoms with Gasteiger partial charge in [0.1, 0.15) is 6.10 Å². The van der Waals surface area contributed by atoms with Gasteiger partial charge < -0.3 is 15.9 Å². The van der Waals surface area contributed by atoms with Gasteiger partial charge in [-0.05, 0) is 24.3 Å². The third-order valence-electron chi connectivity index (χ3n) is 2.53. The Morgan fingerprint density at radius 1 is 1.28 bits per heavy atom. The summed E-state index contributed by atoms with van der Waals surface area (Å²) in [6.45, 7) is 0. The molecule has 0 amide bonds. The fourth-order valence-electron chi connectivity index (χ4n) is 1.64. The van der Waals surface area contributed by atoms with Crippen LogP contribution in [0.2, 0.25) is 0 Å².